The van der Waals surface area contributed by atoms with Crippen molar-refractivity contribution in [3.05, 3.63) is 60.2 Å². The van der Waals surface area contributed by atoms with Gasteiger partial charge in [-0.05, 0) is 43.0 Å². The maximum absolute atomic E-state index is 12.0. The first-order valence-corrected chi connectivity index (χ1v) is 8.25. The lowest BCUT2D eigenvalue weighted by Gasteiger charge is -2.29. The van der Waals surface area contributed by atoms with E-state index < -0.39 is 0 Å². The summed E-state index contributed by atoms with van der Waals surface area (Å²) in [6, 6.07) is 17.8. The van der Waals surface area contributed by atoms with Gasteiger partial charge in [-0.3, -0.25) is 0 Å². The molecule has 1 aliphatic heterocycles. The second-order valence-electron chi connectivity index (χ2n) is 5.89. The number of anilines is 2. The highest BCUT2D eigenvalue weighted by molar-refractivity contribution is 5.89. The van der Waals surface area contributed by atoms with Gasteiger partial charge in [0.1, 0.15) is 0 Å². The lowest BCUT2D eigenvalue weighted by Crippen LogP contribution is -2.30. The van der Waals surface area contributed by atoms with Crippen molar-refractivity contribution in [3.63, 3.8) is 0 Å². The number of hydrogen-bond donors (Lipinski definition) is 2. The van der Waals surface area contributed by atoms with Crippen LogP contribution in [0.5, 0.6) is 0 Å². The first-order valence-electron chi connectivity index (χ1n) is 8.25. The minimum atomic E-state index is -0.176. The molecule has 23 heavy (non-hydrogen) atoms. The molecular weight excluding hydrogens is 286 g/mol. The fraction of sp³-hybridized carbons (Fsp3) is 0.316. The zero-order chi connectivity index (χ0) is 15.9. The summed E-state index contributed by atoms with van der Waals surface area (Å²) in [5, 5.41) is 5.80. The summed E-state index contributed by atoms with van der Waals surface area (Å²) in [6.45, 7) is 2.73. The molecule has 2 aromatic rings. The Bertz CT molecular complexity index is 636. The highest BCUT2D eigenvalue weighted by Gasteiger charge is 2.11. The Hall–Kier alpha value is -2.49. The van der Waals surface area contributed by atoms with Crippen LogP contribution in [-0.4, -0.2) is 19.1 Å². The maximum Gasteiger partial charge on any atom is 0.319 e. The summed E-state index contributed by atoms with van der Waals surface area (Å²) >= 11 is 0. The van der Waals surface area contributed by atoms with Gasteiger partial charge in [-0.1, -0.05) is 36.4 Å². The summed E-state index contributed by atoms with van der Waals surface area (Å²) < 4.78 is 0. The molecule has 1 saturated heterocycles. The number of rotatable bonds is 4. The van der Waals surface area contributed by atoms with E-state index in [-0.39, 0.29) is 6.03 Å². The predicted molar refractivity (Wildman–Crippen MR) is 94.8 cm³/mol. The third-order valence-corrected chi connectivity index (χ3v) is 4.12. The fourth-order valence-corrected chi connectivity index (χ4v) is 2.89. The van der Waals surface area contributed by atoms with Crippen LogP contribution < -0.4 is 15.5 Å². The van der Waals surface area contributed by atoms with E-state index in [0.29, 0.717) is 6.54 Å². The van der Waals surface area contributed by atoms with Crippen molar-refractivity contribution in [2.45, 2.75) is 25.8 Å². The molecule has 4 heteroatoms. The third kappa shape index (κ3) is 4.49. The summed E-state index contributed by atoms with van der Waals surface area (Å²) in [7, 11) is 0. The molecule has 2 amide bonds. The van der Waals surface area contributed by atoms with E-state index in [2.05, 4.69) is 21.6 Å². The van der Waals surface area contributed by atoms with Crippen LogP contribution in [-0.2, 0) is 6.54 Å². The molecule has 0 atom stereocenters. The molecule has 0 spiro atoms. The number of carbonyl (C=O) groups excluding carboxylic acids is 1. The smallest absolute Gasteiger partial charge is 0.319 e. The van der Waals surface area contributed by atoms with E-state index in [1.165, 1.54) is 24.9 Å². The van der Waals surface area contributed by atoms with Crippen LogP contribution in [0.4, 0.5) is 16.2 Å². The topological polar surface area (TPSA) is 44.4 Å². The molecule has 0 bridgehead atoms. The van der Waals surface area contributed by atoms with E-state index in [0.717, 1.165) is 24.3 Å². The first kappa shape index (κ1) is 15.4. The molecule has 120 valence electrons. The Balaban J connectivity index is 1.55. The van der Waals surface area contributed by atoms with E-state index in [1.807, 2.05) is 48.5 Å². The fourth-order valence-electron chi connectivity index (χ4n) is 2.89. The van der Waals surface area contributed by atoms with Crippen molar-refractivity contribution >= 4 is 17.4 Å². The van der Waals surface area contributed by atoms with Crippen molar-refractivity contribution in [1.82, 2.24) is 5.32 Å². The molecular formula is C19H23N3O. The number of piperidine rings is 1. The minimum Gasteiger partial charge on any atom is -0.371 e. The predicted octanol–water partition coefficient (Wildman–Crippen LogP) is 4.00. The number of hydrogen-bond acceptors (Lipinski definition) is 2. The highest BCUT2D eigenvalue weighted by Crippen LogP contribution is 2.22. The van der Waals surface area contributed by atoms with E-state index >= 15 is 0 Å². The third-order valence-electron chi connectivity index (χ3n) is 4.12. The van der Waals surface area contributed by atoms with E-state index in [4.69, 9.17) is 0 Å². The monoisotopic (exact) mass is 309 g/mol. The Morgan fingerprint density at radius 1 is 0.957 bits per heavy atom. The second-order valence-corrected chi connectivity index (χ2v) is 5.89. The molecule has 1 fully saturated rings. The quantitative estimate of drug-likeness (QED) is 0.896. The van der Waals surface area contributed by atoms with Crippen LogP contribution >= 0.6 is 0 Å². The second kappa shape index (κ2) is 7.68. The minimum absolute atomic E-state index is 0.176. The molecule has 4 nitrogen and oxygen atoms in total. The van der Waals surface area contributed by atoms with Gasteiger partial charge in [0, 0.05) is 31.0 Å². The van der Waals surface area contributed by atoms with E-state index in [9.17, 15) is 4.79 Å². The molecule has 0 radical (unpaired) electrons. The highest BCUT2D eigenvalue weighted by atomic mass is 16.2. The Morgan fingerprint density at radius 2 is 1.74 bits per heavy atom. The van der Waals surface area contributed by atoms with Crippen molar-refractivity contribution < 1.29 is 4.79 Å². The molecule has 3 rings (SSSR count). The number of nitrogens with zero attached hydrogens (tertiary/aromatic N) is 1. The molecule has 2 aromatic carbocycles. The Morgan fingerprint density at radius 3 is 2.52 bits per heavy atom. The van der Waals surface area contributed by atoms with Gasteiger partial charge in [0.25, 0.3) is 0 Å². The maximum atomic E-state index is 12.0. The summed E-state index contributed by atoms with van der Waals surface area (Å²) in [4.78, 5) is 14.4. The summed E-state index contributed by atoms with van der Waals surface area (Å²) in [5.74, 6) is 0. The van der Waals surface area contributed by atoms with Crippen molar-refractivity contribution in [2.24, 2.45) is 0 Å². The van der Waals surface area contributed by atoms with Gasteiger partial charge < -0.3 is 15.5 Å². The van der Waals surface area contributed by atoms with Gasteiger partial charge >= 0.3 is 6.03 Å². The number of urea groups is 1. The van der Waals surface area contributed by atoms with Crippen LogP contribution in [0.3, 0.4) is 0 Å². The zero-order valence-corrected chi connectivity index (χ0v) is 13.3. The molecule has 1 aliphatic rings. The first-order chi connectivity index (χ1) is 11.3. The largest absolute Gasteiger partial charge is 0.371 e. The molecule has 0 unspecified atom stereocenters. The van der Waals surface area contributed by atoms with Crippen LogP contribution in [0, 0.1) is 0 Å². The van der Waals surface area contributed by atoms with Crippen LogP contribution in [0.25, 0.3) is 0 Å². The number of benzene rings is 2. The summed E-state index contributed by atoms with van der Waals surface area (Å²) in [6.07, 6.45) is 3.81. The SMILES string of the molecule is O=C(NCc1ccccc1)Nc1cccc(N2CCCCC2)c1. The molecule has 1 heterocycles. The molecule has 0 aromatic heterocycles. The number of carbonyl (C=O) groups is 1. The standard InChI is InChI=1S/C19H23N3O/c23-19(20-15-16-8-3-1-4-9-16)21-17-10-7-11-18(14-17)22-12-5-2-6-13-22/h1,3-4,7-11,14H,2,5-6,12-13,15H2,(H2,20,21,23). The van der Waals surface area contributed by atoms with Crippen molar-refractivity contribution in [1.29, 1.82) is 0 Å². The van der Waals surface area contributed by atoms with Gasteiger partial charge in [0.15, 0.2) is 0 Å². The van der Waals surface area contributed by atoms with Crippen LogP contribution in [0.2, 0.25) is 0 Å². The number of amides is 2. The van der Waals surface area contributed by atoms with Gasteiger partial charge in [0.05, 0.1) is 0 Å². The van der Waals surface area contributed by atoms with Gasteiger partial charge in [-0.15, -0.1) is 0 Å². The van der Waals surface area contributed by atoms with Crippen molar-refractivity contribution in [3.8, 4) is 0 Å². The average Bonchev–Trinajstić information content (AvgIpc) is 2.62. The Kier molecular flexibility index (Phi) is 5.14. The Labute approximate surface area is 137 Å². The molecule has 2 N–H and O–H groups in total. The van der Waals surface area contributed by atoms with Gasteiger partial charge in [-0.25, -0.2) is 4.79 Å². The van der Waals surface area contributed by atoms with Crippen LogP contribution in [0.15, 0.2) is 54.6 Å². The zero-order valence-electron chi connectivity index (χ0n) is 13.3. The number of nitrogens with one attached hydrogen (secondary N) is 2. The molecule has 0 saturated carbocycles. The average molecular weight is 309 g/mol. The van der Waals surface area contributed by atoms with Gasteiger partial charge in [-0.2, -0.15) is 0 Å². The lowest BCUT2D eigenvalue weighted by molar-refractivity contribution is 0.251. The summed E-state index contributed by atoms with van der Waals surface area (Å²) in [5.41, 5.74) is 3.11. The lowest BCUT2D eigenvalue weighted by atomic mass is 10.1. The normalized spacial score (nSPS) is 14.3. The molecule has 0 aliphatic carbocycles. The van der Waals surface area contributed by atoms with E-state index in [1.54, 1.807) is 0 Å². The van der Waals surface area contributed by atoms with Crippen molar-refractivity contribution in [2.75, 3.05) is 23.3 Å². The van der Waals surface area contributed by atoms with Gasteiger partial charge in [0.2, 0.25) is 0 Å². The van der Waals surface area contributed by atoms with Crippen LogP contribution in [0.1, 0.15) is 24.8 Å².